The first-order valence-electron chi connectivity index (χ1n) is 11.4. The third kappa shape index (κ3) is 5.02. The van der Waals surface area contributed by atoms with Gasteiger partial charge in [-0.25, -0.2) is 9.67 Å². The first kappa shape index (κ1) is 22.5. The van der Waals surface area contributed by atoms with E-state index >= 15 is 0 Å². The van der Waals surface area contributed by atoms with Crippen molar-refractivity contribution in [2.45, 2.75) is 58.1 Å². The van der Waals surface area contributed by atoms with Crippen molar-refractivity contribution in [1.82, 2.24) is 19.7 Å². The summed E-state index contributed by atoms with van der Waals surface area (Å²) in [5, 5.41) is 28.4. The van der Waals surface area contributed by atoms with Crippen molar-refractivity contribution in [3.05, 3.63) is 36.7 Å². The van der Waals surface area contributed by atoms with Crippen LogP contribution in [-0.2, 0) is 0 Å². The second-order valence-corrected chi connectivity index (χ2v) is 9.43. The Balaban J connectivity index is 1.49. The standard InChI is InChI=1S/C24H33N5O3/c1-16(14-30)15-32-21-6-4-5-20-19(21)13-26-29(20)22-11-12-25-23(28-22)27-18-9-7-17(8-10-18)24(2,3)31/h4-6,11-13,16-18,30-31H,7-10,14-15H2,1-3H3,(H,25,27,28)/t16-,17?,18?/m0/s1. The SMILES string of the molecule is C[C@@H](CO)COc1cccc2c1cnn2-c1ccnc(NC2CCC(C(C)(C)O)CC2)n1. The molecular weight excluding hydrogens is 406 g/mol. The van der Waals surface area contributed by atoms with Gasteiger partial charge in [-0.05, 0) is 57.6 Å². The van der Waals surface area contributed by atoms with Gasteiger partial charge in [0.05, 0.1) is 29.3 Å². The average molecular weight is 440 g/mol. The van der Waals surface area contributed by atoms with Crippen molar-refractivity contribution in [1.29, 1.82) is 0 Å². The number of nitrogens with zero attached hydrogens (tertiary/aromatic N) is 4. The molecule has 3 aromatic rings. The molecule has 172 valence electrons. The van der Waals surface area contributed by atoms with Crippen LogP contribution in [0.3, 0.4) is 0 Å². The number of ether oxygens (including phenoxy) is 1. The summed E-state index contributed by atoms with van der Waals surface area (Å²) in [4.78, 5) is 9.11. The Morgan fingerprint density at radius 2 is 2.00 bits per heavy atom. The van der Waals surface area contributed by atoms with Crippen molar-refractivity contribution < 1.29 is 14.9 Å². The van der Waals surface area contributed by atoms with Crippen LogP contribution in [0, 0.1) is 11.8 Å². The minimum absolute atomic E-state index is 0.0642. The van der Waals surface area contributed by atoms with E-state index in [9.17, 15) is 10.2 Å². The molecule has 0 bridgehead atoms. The zero-order valence-electron chi connectivity index (χ0n) is 19.0. The van der Waals surface area contributed by atoms with E-state index in [1.807, 2.05) is 45.0 Å². The lowest BCUT2D eigenvalue weighted by atomic mass is 9.77. The maximum atomic E-state index is 10.3. The molecule has 1 fully saturated rings. The molecule has 0 spiro atoms. The van der Waals surface area contributed by atoms with E-state index in [2.05, 4.69) is 15.4 Å². The number of hydrogen-bond donors (Lipinski definition) is 3. The topological polar surface area (TPSA) is 105 Å². The van der Waals surface area contributed by atoms with E-state index in [-0.39, 0.29) is 12.5 Å². The van der Waals surface area contributed by atoms with Gasteiger partial charge >= 0.3 is 0 Å². The van der Waals surface area contributed by atoms with Gasteiger partial charge in [0.25, 0.3) is 0 Å². The summed E-state index contributed by atoms with van der Waals surface area (Å²) in [5.74, 6) is 2.41. The molecule has 0 amide bonds. The van der Waals surface area contributed by atoms with Crippen LogP contribution in [0.1, 0.15) is 46.5 Å². The number of benzene rings is 1. The molecule has 8 nitrogen and oxygen atoms in total. The largest absolute Gasteiger partial charge is 0.492 e. The van der Waals surface area contributed by atoms with Gasteiger partial charge in [-0.2, -0.15) is 10.1 Å². The van der Waals surface area contributed by atoms with Gasteiger partial charge in [0.2, 0.25) is 5.95 Å². The maximum absolute atomic E-state index is 10.3. The van der Waals surface area contributed by atoms with E-state index in [0.29, 0.717) is 30.3 Å². The molecular formula is C24H33N5O3. The van der Waals surface area contributed by atoms with Gasteiger partial charge in [0.15, 0.2) is 5.82 Å². The lowest BCUT2D eigenvalue weighted by Gasteiger charge is -2.36. The van der Waals surface area contributed by atoms with Gasteiger partial charge in [-0.3, -0.25) is 0 Å². The van der Waals surface area contributed by atoms with Crippen molar-refractivity contribution in [3.8, 4) is 11.6 Å². The summed E-state index contributed by atoms with van der Waals surface area (Å²) < 4.78 is 7.69. The summed E-state index contributed by atoms with van der Waals surface area (Å²) in [6, 6.07) is 7.96. The number of nitrogens with one attached hydrogen (secondary N) is 1. The molecule has 0 saturated heterocycles. The van der Waals surface area contributed by atoms with Gasteiger partial charge in [-0.1, -0.05) is 13.0 Å². The predicted molar refractivity (Wildman–Crippen MR) is 124 cm³/mol. The highest BCUT2D eigenvalue weighted by Gasteiger charge is 2.31. The molecule has 32 heavy (non-hydrogen) atoms. The third-order valence-electron chi connectivity index (χ3n) is 6.33. The number of hydrogen-bond acceptors (Lipinski definition) is 7. The maximum Gasteiger partial charge on any atom is 0.224 e. The minimum atomic E-state index is -0.624. The van der Waals surface area contributed by atoms with E-state index in [4.69, 9.17) is 9.72 Å². The fourth-order valence-electron chi connectivity index (χ4n) is 4.28. The van der Waals surface area contributed by atoms with E-state index < -0.39 is 5.60 Å². The number of fused-ring (bicyclic) bond motifs is 1. The highest BCUT2D eigenvalue weighted by atomic mass is 16.5. The lowest BCUT2D eigenvalue weighted by molar-refractivity contribution is -0.000415. The van der Waals surface area contributed by atoms with E-state index in [0.717, 1.165) is 42.3 Å². The lowest BCUT2D eigenvalue weighted by Crippen LogP contribution is -2.37. The summed E-state index contributed by atoms with van der Waals surface area (Å²) >= 11 is 0. The molecule has 4 rings (SSSR count). The second-order valence-electron chi connectivity index (χ2n) is 9.43. The van der Waals surface area contributed by atoms with Gasteiger partial charge in [0.1, 0.15) is 5.75 Å². The highest BCUT2D eigenvalue weighted by molar-refractivity contribution is 5.86. The normalized spacial score (nSPS) is 20.3. The predicted octanol–water partition coefficient (Wildman–Crippen LogP) is 3.56. The molecule has 2 aromatic heterocycles. The number of rotatable bonds is 8. The first-order chi connectivity index (χ1) is 15.3. The van der Waals surface area contributed by atoms with Crippen molar-refractivity contribution in [2.75, 3.05) is 18.5 Å². The van der Waals surface area contributed by atoms with Gasteiger partial charge in [0, 0.05) is 30.8 Å². The highest BCUT2D eigenvalue weighted by Crippen LogP contribution is 2.33. The van der Waals surface area contributed by atoms with Crippen LogP contribution < -0.4 is 10.1 Å². The Morgan fingerprint density at radius 1 is 1.22 bits per heavy atom. The van der Waals surface area contributed by atoms with Crippen molar-refractivity contribution in [3.63, 3.8) is 0 Å². The Hall–Kier alpha value is -2.71. The summed E-state index contributed by atoms with van der Waals surface area (Å²) in [6.07, 6.45) is 7.47. The average Bonchev–Trinajstić information content (AvgIpc) is 3.22. The second kappa shape index (κ2) is 9.42. The van der Waals surface area contributed by atoms with E-state index in [1.165, 1.54) is 0 Å². The molecule has 0 aliphatic heterocycles. The molecule has 2 heterocycles. The zero-order valence-corrected chi connectivity index (χ0v) is 19.0. The smallest absolute Gasteiger partial charge is 0.224 e. The molecule has 1 atom stereocenters. The van der Waals surface area contributed by atoms with Crippen LogP contribution in [0.2, 0.25) is 0 Å². The summed E-state index contributed by atoms with van der Waals surface area (Å²) in [7, 11) is 0. The molecule has 1 saturated carbocycles. The summed E-state index contributed by atoms with van der Waals surface area (Å²) in [5.41, 5.74) is 0.274. The van der Waals surface area contributed by atoms with Crippen LogP contribution in [0.15, 0.2) is 36.7 Å². The number of anilines is 1. The zero-order chi connectivity index (χ0) is 22.7. The number of aliphatic hydroxyl groups is 2. The monoisotopic (exact) mass is 439 g/mol. The Morgan fingerprint density at radius 3 is 2.72 bits per heavy atom. The van der Waals surface area contributed by atoms with E-state index in [1.54, 1.807) is 17.1 Å². The van der Waals surface area contributed by atoms with Crippen LogP contribution in [0.25, 0.3) is 16.7 Å². The Labute approximate surface area is 188 Å². The first-order valence-corrected chi connectivity index (χ1v) is 11.4. The molecule has 1 aliphatic rings. The van der Waals surface area contributed by atoms with Crippen LogP contribution in [0.4, 0.5) is 5.95 Å². The minimum Gasteiger partial charge on any atom is -0.492 e. The van der Waals surface area contributed by atoms with Gasteiger partial charge < -0.3 is 20.3 Å². The molecule has 0 unspecified atom stereocenters. The van der Waals surface area contributed by atoms with Crippen molar-refractivity contribution in [2.24, 2.45) is 11.8 Å². The Bertz CT molecular complexity index is 1040. The Kier molecular flexibility index (Phi) is 6.62. The molecule has 1 aromatic carbocycles. The van der Waals surface area contributed by atoms with Crippen molar-refractivity contribution >= 4 is 16.9 Å². The fraction of sp³-hybridized carbons (Fsp3) is 0.542. The summed E-state index contributed by atoms with van der Waals surface area (Å²) in [6.45, 7) is 6.27. The van der Waals surface area contributed by atoms with Gasteiger partial charge in [-0.15, -0.1) is 0 Å². The molecule has 8 heteroatoms. The van der Waals surface area contributed by atoms with Crippen LogP contribution in [0.5, 0.6) is 5.75 Å². The fourth-order valence-corrected chi connectivity index (χ4v) is 4.28. The quantitative estimate of drug-likeness (QED) is 0.493. The number of aromatic nitrogens is 4. The molecule has 0 radical (unpaired) electrons. The third-order valence-corrected chi connectivity index (χ3v) is 6.33. The molecule has 3 N–H and O–H groups in total. The number of aliphatic hydroxyl groups excluding tert-OH is 1. The van der Waals surface area contributed by atoms with Crippen LogP contribution in [-0.4, -0.2) is 54.8 Å². The van der Waals surface area contributed by atoms with Crippen LogP contribution >= 0.6 is 0 Å². The molecule has 1 aliphatic carbocycles.